The Labute approximate surface area is 225 Å². The first-order valence-corrected chi connectivity index (χ1v) is 12.1. The number of aromatic hydroxyl groups is 1. The monoisotopic (exact) mass is 558 g/mol. The minimum absolute atomic E-state index is 0.0820. The molecule has 40 heavy (non-hydrogen) atoms. The van der Waals surface area contributed by atoms with Gasteiger partial charge >= 0.3 is 11.9 Å². The van der Waals surface area contributed by atoms with Gasteiger partial charge in [0.15, 0.2) is 0 Å². The lowest BCUT2D eigenvalue weighted by Gasteiger charge is -2.19. The number of carbonyl (C=O) groups excluding carboxylic acids is 2. The summed E-state index contributed by atoms with van der Waals surface area (Å²) < 4.78 is 44.9. The molecule has 0 bridgehead atoms. The van der Waals surface area contributed by atoms with Gasteiger partial charge < -0.3 is 19.9 Å². The van der Waals surface area contributed by atoms with Crippen LogP contribution in [-0.2, 0) is 30.4 Å². The van der Waals surface area contributed by atoms with E-state index in [0.717, 1.165) is 22.3 Å². The van der Waals surface area contributed by atoms with Crippen molar-refractivity contribution in [3.63, 3.8) is 0 Å². The molecule has 3 aromatic heterocycles. The topological polar surface area (TPSA) is 156 Å². The molecule has 0 radical (unpaired) electrons. The number of benzene rings is 1. The summed E-state index contributed by atoms with van der Waals surface area (Å²) in [5.41, 5.74) is -0.363. The number of pyridine rings is 1. The molecule has 0 saturated carbocycles. The smallest absolute Gasteiger partial charge is 0.416 e. The number of amides is 1. The van der Waals surface area contributed by atoms with Crippen LogP contribution in [0, 0.1) is 5.92 Å². The Hall–Kier alpha value is -4.75. The minimum atomic E-state index is -4.52. The summed E-state index contributed by atoms with van der Waals surface area (Å²) >= 11 is 0. The molecule has 0 saturated heterocycles. The Balaban J connectivity index is 1.43. The molecule has 0 spiro atoms. The summed E-state index contributed by atoms with van der Waals surface area (Å²) in [4.78, 5) is 48.7. The zero-order valence-electron chi connectivity index (χ0n) is 21.4. The van der Waals surface area contributed by atoms with Crippen molar-refractivity contribution in [1.82, 2.24) is 30.0 Å². The molecule has 3 heterocycles. The first-order chi connectivity index (χ1) is 18.9. The van der Waals surface area contributed by atoms with Crippen LogP contribution in [0.1, 0.15) is 52.7 Å². The summed E-state index contributed by atoms with van der Waals surface area (Å²) in [7, 11) is 0. The molecule has 4 rings (SSSR count). The number of H-pyrrole nitrogens is 1. The summed E-state index contributed by atoms with van der Waals surface area (Å²) in [5.74, 6) is -2.72. The standard InChI is InChI=1S/C26H25F3N6O5/c1-14(2)21(22(37)23-33-20(40-34-23)11-15-5-3-7-17(9-15)26(27,28)29)32-19(36)13-35-24(38)18(31-25(35)39)10-16-6-4-8-30-12-16/h3-9,12,14,21,38H,10-11,13H2,1-2H3,(H,31,39)(H,32,36)/t21-/m0/s1. The number of rotatable bonds is 10. The molecular formula is C26H25F3N6O5. The van der Waals surface area contributed by atoms with E-state index in [0.29, 0.717) is 0 Å². The maximum Gasteiger partial charge on any atom is 0.416 e. The van der Waals surface area contributed by atoms with Crippen molar-refractivity contribution in [2.75, 3.05) is 0 Å². The number of aromatic amines is 1. The fraction of sp³-hybridized carbons (Fsp3) is 0.308. The second-order valence-electron chi connectivity index (χ2n) is 9.40. The fourth-order valence-electron chi connectivity index (χ4n) is 3.98. The lowest BCUT2D eigenvalue weighted by molar-refractivity contribution is -0.137. The van der Waals surface area contributed by atoms with Gasteiger partial charge in [0, 0.05) is 18.8 Å². The van der Waals surface area contributed by atoms with Crippen LogP contribution in [0.2, 0.25) is 0 Å². The third-order valence-electron chi connectivity index (χ3n) is 6.00. The number of halogens is 3. The second-order valence-corrected chi connectivity index (χ2v) is 9.40. The maximum absolute atomic E-state index is 13.1. The van der Waals surface area contributed by atoms with Gasteiger partial charge in [-0.05, 0) is 29.2 Å². The van der Waals surface area contributed by atoms with Crippen LogP contribution in [0.4, 0.5) is 13.2 Å². The average Bonchev–Trinajstić information content (AvgIpc) is 3.47. The van der Waals surface area contributed by atoms with Crippen LogP contribution in [0.25, 0.3) is 0 Å². The molecule has 14 heteroatoms. The molecule has 1 aromatic carbocycles. The van der Waals surface area contributed by atoms with Gasteiger partial charge in [0.2, 0.25) is 29.3 Å². The molecule has 1 amide bonds. The van der Waals surface area contributed by atoms with Gasteiger partial charge in [-0.15, -0.1) is 0 Å². The van der Waals surface area contributed by atoms with Crippen LogP contribution in [0.3, 0.4) is 0 Å². The molecule has 0 fully saturated rings. The number of alkyl halides is 3. The molecule has 1 atom stereocenters. The number of hydrogen-bond donors (Lipinski definition) is 3. The third kappa shape index (κ3) is 6.62. The van der Waals surface area contributed by atoms with E-state index >= 15 is 0 Å². The molecular weight excluding hydrogens is 533 g/mol. The summed E-state index contributed by atoms with van der Waals surface area (Å²) in [6.45, 7) is 2.76. The quantitative estimate of drug-likeness (QED) is 0.251. The van der Waals surface area contributed by atoms with Gasteiger partial charge in [-0.1, -0.05) is 43.3 Å². The zero-order chi connectivity index (χ0) is 29.0. The largest absolute Gasteiger partial charge is 0.493 e. The molecule has 11 nitrogen and oxygen atoms in total. The molecule has 0 aliphatic heterocycles. The molecule has 0 aliphatic rings. The van der Waals surface area contributed by atoms with Crippen molar-refractivity contribution in [1.29, 1.82) is 0 Å². The Kier molecular flexibility index (Phi) is 8.16. The van der Waals surface area contributed by atoms with Crippen molar-refractivity contribution < 1.29 is 32.4 Å². The summed E-state index contributed by atoms with van der Waals surface area (Å²) in [6, 6.07) is 6.94. The number of nitrogens with zero attached hydrogens (tertiary/aromatic N) is 4. The van der Waals surface area contributed by atoms with E-state index in [9.17, 15) is 32.7 Å². The van der Waals surface area contributed by atoms with Crippen LogP contribution in [-0.4, -0.2) is 47.5 Å². The van der Waals surface area contributed by atoms with E-state index in [4.69, 9.17) is 4.52 Å². The second kappa shape index (κ2) is 11.6. The Morgan fingerprint density at radius 3 is 2.58 bits per heavy atom. The lowest BCUT2D eigenvalue weighted by Crippen LogP contribution is -2.46. The molecule has 4 aromatic rings. The van der Waals surface area contributed by atoms with E-state index in [1.807, 2.05) is 0 Å². The van der Waals surface area contributed by atoms with Gasteiger partial charge in [-0.2, -0.15) is 18.2 Å². The Morgan fingerprint density at radius 2 is 1.90 bits per heavy atom. The molecule has 0 unspecified atom stereocenters. The van der Waals surface area contributed by atoms with Gasteiger partial charge in [0.25, 0.3) is 0 Å². The fourth-order valence-corrected chi connectivity index (χ4v) is 3.98. The highest BCUT2D eigenvalue weighted by molar-refractivity contribution is 5.99. The van der Waals surface area contributed by atoms with Crippen molar-refractivity contribution in [3.8, 4) is 5.88 Å². The van der Waals surface area contributed by atoms with Crippen LogP contribution >= 0.6 is 0 Å². The van der Waals surface area contributed by atoms with Gasteiger partial charge in [0.1, 0.15) is 6.54 Å². The number of aromatic nitrogens is 5. The highest BCUT2D eigenvalue weighted by Crippen LogP contribution is 2.30. The van der Waals surface area contributed by atoms with E-state index in [2.05, 4.69) is 25.4 Å². The molecule has 0 aliphatic carbocycles. The van der Waals surface area contributed by atoms with E-state index in [1.165, 1.54) is 12.1 Å². The van der Waals surface area contributed by atoms with Crippen molar-refractivity contribution >= 4 is 11.7 Å². The number of hydrogen-bond acceptors (Lipinski definition) is 8. The van der Waals surface area contributed by atoms with E-state index in [-0.39, 0.29) is 35.8 Å². The van der Waals surface area contributed by atoms with Crippen molar-refractivity contribution in [2.24, 2.45) is 5.92 Å². The average molecular weight is 559 g/mol. The summed E-state index contributed by atoms with van der Waals surface area (Å²) in [6.07, 6.45) is -1.32. The first-order valence-electron chi connectivity index (χ1n) is 12.1. The normalized spacial score (nSPS) is 12.4. The highest BCUT2D eigenvalue weighted by Gasteiger charge is 2.31. The van der Waals surface area contributed by atoms with Crippen LogP contribution in [0.5, 0.6) is 5.88 Å². The predicted octanol–water partition coefficient (Wildman–Crippen LogP) is 2.88. The number of ketones is 1. The SMILES string of the molecule is CC(C)[C@H](NC(=O)Cn1c(O)c(Cc2cccnc2)[nH]c1=O)C(=O)c1noc(Cc2cccc(C(F)(F)F)c2)n1. The van der Waals surface area contributed by atoms with Gasteiger partial charge in [-0.25, -0.2) is 4.79 Å². The summed E-state index contributed by atoms with van der Waals surface area (Å²) in [5, 5.41) is 16.7. The first kappa shape index (κ1) is 28.3. The number of Topliss-reactive ketones (excluding diaryl/α,β-unsaturated/α-hetero) is 1. The van der Waals surface area contributed by atoms with Crippen LogP contribution < -0.4 is 11.0 Å². The lowest BCUT2D eigenvalue weighted by atomic mass is 9.99. The molecule has 210 valence electrons. The molecule has 3 N–H and O–H groups in total. The minimum Gasteiger partial charge on any atom is -0.493 e. The van der Waals surface area contributed by atoms with E-state index in [1.54, 1.807) is 38.4 Å². The van der Waals surface area contributed by atoms with Gasteiger partial charge in [0.05, 0.1) is 23.7 Å². The van der Waals surface area contributed by atoms with Crippen LogP contribution in [0.15, 0.2) is 58.1 Å². The Bertz CT molecular complexity index is 1560. The van der Waals surface area contributed by atoms with Crippen molar-refractivity contribution in [3.05, 3.63) is 93.4 Å². The number of nitrogens with one attached hydrogen (secondary N) is 2. The third-order valence-corrected chi connectivity index (χ3v) is 6.00. The highest BCUT2D eigenvalue weighted by atomic mass is 19.4. The van der Waals surface area contributed by atoms with Gasteiger partial charge in [-0.3, -0.25) is 19.1 Å². The number of carbonyl (C=O) groups is 2. The Morgan fingerprint density at radius 1 is 1.15 bits per heavy atom. The number of imidazole rings is 1. The predicted molar refractivity (Wildman–Crippen MR) is 133 cm³/mol. The van der Waals surface area contributed by atoms with Crippen molar-refractivity contribution in [2.45, 2.75) is 45.5 Å². The maximum atomic E-state index is 13.1. The van der Waals surface area contributed by atoms with E-state index < -0.39 is 53.5 Å². The zero-order valence-corrected chi connectivity index (χ0v) is 21.4.